The first kappa shape index (κ1) is 35.7. The molecule has 4 heterocycles. The van der Waals surface area contributed by atoms with Crippen molar-refractivity contribution in [1.29, 1.82) is 0 Å². The van der Waals surface area contributed by atoms with E-state index in [4.69, 9.17) is 62.7 Å². The zero-order valence-electron chi connectivity index (χ0n) is 25.0. The van der Waals surface area contributed by atoms with Gasteiger partial charge in [0, 0.05) is 39.8 Å². The maximum Gasteiger partial charge on any atom is 0.203 e. The van der Waals surface area contributed by atoms with E-state index in [1.165, 1.54) is 9.13 Å². The lowest BCUT2D eigenvalue weighted by molar-refractivity contribution is -0.0540. The third kappa shape index (κ3) is 7.07. The first-order valence-corrected chi connectivity index (χ1v) is 15.7. The molecule has 12 N–H and O–H groups in total. The Morgan fingerprint density at radius 1 is 0.667 bits per heavy atom. The minimum atomic E-state index is -1.27. The Morgan fingerprint density at radius 3 is 1.58 bits per heavy atom. The highest BCUT2D eigenvalue weighted by atomic mass is 35.5. The number of anilines is 3. The normalized spacial score (nSPS) is 26.6. The molecule has 0 amide bonds. The van der Waals surface area contributed by atoms with E-state index in [-0.39, 0.29) is 21.2 Å². The molecule has 2 aliphatic heterocycles. The lowest BCUT2D eigenvalue weighted by Gasteiger charge is -2.20. The zero-order valence-corrected chi connectivity index (χ0v) is 27.4. The molecule has 0 unspecified atom stereocenters. The topological polar surface area (TPSA) is 254 Å². The Hall–Kier alpha value is -3.59. The zero-order chi connectivity index (χ0) is 34.9. The number of ether oxygens (including phenoxy) is 2. The Labute approximate surface area is 289 Å². The molecule has 2 fully saturated rings. The van der Waals surface area contributed by atoms with Crippen LogP contribution in [0, 0.1) is 9.54 Å². The number of halogens is 1. The second kappa shape index (κ2) is 14.9. The number of aromatic nitrogens is 4. The van der Waals surface area contributed by atoms with E-state index < -0.39 is 62.3 Å². The molecule has 0 saturated carbocycles. The summed E-state index contributed by atoms with van der Waals surface area (Å²) in [7, 11) is 0. The van der Waals surface area contributed by atoms with E-state index in [1.807, 2.05) is 0 Å². The van der Waals surface area contributed by atoms with Crippen molar-refractivity contribution in [3.05, 3.63) is 75.5 Å². The molecule has 256 valence electrons. The highest BCUT2D eigenvalue weighted by molar-refractivity contribution is 7.71. The van der Waals surface area contributed by atoms with Gasteiger partial charge in [0.05, 0.1) is 13.2 Å². The van der Waals surface area contributed by atoms with E-state index in [0.29, 0.717) is 27.4 Å². The first-order chi connectivity index (χ1) is 22.9. The van der Waals surface area contributed by atoms with Gasteiger partial charge in [-0.15, -0.1) is 0 Å². The Kier molecular flexibility index (Phi) is 11.1. The lowest BCUT2D eigenvalue weighted by atomic mass is 10.1. The molecule has 2 aromatic carbocycles. The average Bonchev–Trinajstić information content (AvgIpc) is 3.51. The van der Waals surface area contributed by atoms with Crippen LogP contribution in [0.3, 0.4) is 0 Å². The molecular formula is C30H34ClN7O8S2. The van der Waals surface area contributed by atoms with Crippen LogP contribution in [0.15, 0.2) is 60.9 Å². The summed E-state index contributed by atoms with van der Waals surface area (Å²) < 4.78 is 14.0. The van der Waals surface area contributed by atoms with E-state index in [1.54, 1.807) is 60.9 Å². The number of nitrogen functional groups attached to an aromatic ring is 3. The van der Waals surface area contributed by atoms with Crippen LogP contribution in [0.25, 0.3) is 22.3 Å². The highest BCUT2D eigenvalue weighted by Crippen LogP contribution is 2.35. The standard InChI is InChI=1S/C15H16ClN3O4S.C15H18N4O4S/c16-9-4-2-1-3-7(9)8-5-19(15(24)18-13(8)17)14-12(22)11(21)10(6-20)23-14;16-8-3-1-7(2-4-8)9-5-19(15(24)18-13(9)17)14-12(22)11(21)10(6-20)23-14/h1-5,10-12,14,20-22H,6H2,(H2,17,18,24);1-5,10-12,14,20-22H,6,16H2,(H2,17,18,24)/t2*10-,11-,12-,14-/m11/s1. The molecule has 0 spiro atoms. The quantitative estimate of drug-likeness (QED) is 0.100. The van der Waals surface area contributed by atoms with Crippen LogP contribution in [0.4, 0.5) is 17.3 Å². The number of benzene rings is 2. The molecule has 2 saturated heterocycles. The van der Waals surface area contributed by atoms with Gasteiger partial charge in [0.1, 0.15) is 48.3 Å². The molecule has 4 aromatic rings. The highest BCUT2D eigenvalue weighted by Gasteiger charge is 2.44. The molecule has 18 heteroatoms. The molecule has 0 aliphatic carbocycles. The number of nitrogens with zero attached hydrogens (tertiary/aromatic N) is 4. The molecule has 48 heavy (non-hydrogen) atoms. The monoisotopic (exact) mass is 719 g/mol. The minimum absolute atomic E-state index is 0.0816. The largest absolute Gasteiger partial charge is 0.399 e. The second-order valence-corrected chi connectivity index (χ2v) is 12.2. The maximum atomic E-state index is 10.2. The second-order valence-electron chi connectivity index (χ2n) is 11.0. The van der Waals surface area contributed by atoms with Gasteiger partial charge < -0.3 is 57.3 Å². The number of rotatable bonds is 6. The third-order valence-electron chi connectivity index (χ3n) is 7.93. The van der Waals surface area contributed by atoms with Crippen LogP contribution < -0.4 is 17.2 Å². The molecule has 6 rings (SSSR count). The number of aliphatic hydroxyl groups excluding tert-OH is 6. The first-order valence-electron chi connectivity index (χ1n) is 14.5. The van der Waals surface area contributed by atoms with Crippen LogP contribution in [-0.2, 0) is 9.47 Å². The third-order valence-corrected chi connectivity index (χ3v) is 8.86. The van der Waals surface area contributed by atoms with Crippen molar-refractivity contribution in [2.45, 2.75) is 49.1 Å². The van der Waals surface area contributed by atoms with Crippen molar-refractivity contribution < 1.29 is 40.1 Å². The van der Waals surface area contributed by atoms with Crippen LogP contribution in [-0.4, -0.2) is 99.6 Å². The van der Waals surface area contributed by atoms with Gasteiger partial charge in [0.25, 0.3) is 0 Å². The summed E-state index contributed by atoms with van der Waals surface area (Å²) in [4.78, 5) is 8.22. The predicted molar refractivity (Wildman–Crippen MR) is 181 cm³/mol. The van der Waals surface area contributed by atoms with E-state index in [0.717, 1.165) is 5.56 Å². The van der Waals surface area contributed by atoms with Crippen molar-refractivity contribution >= 4 is 53.4 Å². The summed E-state index contributed by atoms with van der Waals surface area (Å²) in [6, 6.07) is 14.1. The average molecular weight is 720 g/mol. The summed E-state index contributed by atoms with van der Waals surface area (Å²) >= 11 is 16.6. The van der Waals surface area contributed by atoms with E-state index in [9.17, 15) is 30.6 Å². The summed E-state index contributed by atoms with van der Waals surface area (Å²) in [5.74, 6) is 0.420. The number of hydrogen-bond acceptors (Lipinski definition) is 15. The smallest absolute Gasteiger partial charge is 0.203 e. The Morgan fingerprint density at radius 2 is 1.12 bits per heavy atom. The Balaban J connectivity index is 0.000000188. The number of nitrogens with two attached hydrogens (primary N) is 3. The van der Waals surface area contributed by atoms with E-state index >= 15 is 0 Å². The van der Waals surface area contributed by atoms with Crippen LogP contribution in [0.5, 0.6) is 0 Å². The van der Waals surface area contributed by atoms with Gasteiger partial charge in [0.2, 0.25) is 9.54 Å². The molecule has 8 atom stereocenters. The van der Waals surface area contributed by atoms with Crippen LogP contribution in [0.2, 0.25) is 5.02 Å². The molecule has 0 radical (unpaired) electrons. The van der Waals surface area contributed by atoms with Crippen molar-refractivity contribution in [3.63, 3.8) is 0 Å². The number of hydrogen-bond donors (Lipinski definition) is 9. The molecule has 2 aliphatic rings. The summed E-state index contributed by atoms with van der Waals surface area (Å²) in [5.41, 5.74) is 20.7. The van der Waals surface area contributed by atoms with Crippen LogP contribution >= 0.6 is 36.0 Å². The lowest BCUT2D eigenvalue weighted by Crippen LogP contribution is -2.33. The predicted octanol–water partition coefficient (Wildman–Crippen LogP) is 1.18. The van der Waals surface area contributed by atoms with Crippen molar-refractivity contribution in [1.82, 2.24) is 19.1 Å². The molecular weight excluding hydrogens is 686 g/mol. The van der Waals surface area contributed by atoms with Gasteiger partial charge in [-0.2, -0.15) is 0 Å². The molecule has 2 aromatic heterocycles. The van der Waals surface area contributed by atoms with Crippen molar-refractivity contribution in [2.24, 2.45) is 0 Å². The molecule has 0 bridgehead atoms. The molecule has 15 nitrogen and oxygen atoms in total. The van der Waals surface area contributed by atoms with Gasteiger partial charge >= 0.3 is 0 Å². The van der Waals surface area contributed by atoms with Gasteiger partial charge in [-0.25, -0.2) is 9.97 Å². The number of aliphatic hydroxyl groups is 6. The summed E-state index contributed by atoms with van der Waals surface area (Å²) in [5, 5.41) is 59.1. The summed E-state index contributed by atoms with van der Waals surface area (Å²) in [6.07, 6.45) is -5.55. The fraction of sp³-hybridized carbons (Fsp3) is 0.333. The van der Waals surface area contributed by atoms with E-state index in [2.05, 4.69) is 9.97 Å². The van der Waals surface area contributed by atoms with Crippen molar-refractivity contribution in [3.8, 4) is 22.3 Å². The van der Waals surface area contributed by atoms with Gasteiger partial charge in [-0.05, 0) is 48.2 Å². The summed E-state index contributed by atoms with van der Waals surface area (Å²) in [6.45, 7) is -0.850. The van der Waals surface area contributed by atoms with Crippen molar-refractivity contribution in [2.75, 3.05) is 30.4 Å². The van der Waals surface area contributed by atoms with Gasteiger partial charge in [0.15, 0.2) is 12.5 Å². The van der Waals surface area contributed by atoms with Gasteiger partial charge in [-0.3, -0.25) is 9.13 Å². The SMILES string of the molecule is Nc1ccc(-c2cn([C@@H]3O[C@H](CO)[C@@H](O)[C@H]3O)c(=S)nc2N)cc1.Nc1nc(=S)n([C@@H]2O[C@H](CO)[C@@H](O)[C@H]2O)cc1-c1ccccc1Cl. The minimum Gasteiger partial charge on any atom is -0.399 e. The maximum absolute atomic E-state index is 10.2. The fourth-order valence-corrected chi connectivity index (χ4v) is 6.07. The fourth-order valence-electron chi connectivity index (χ4n) is 5.32. The van der Waals surface area contributed by atoms with Gasteiger partial charge in [-0.1, -0.05) is 41.9 Å². The Bertz CT molecular complexity index is 1880. The van der Waals surface area contributed by atoms with Crippen LogP contribution in [0.1, 0.15) is 12.5 Å².